The molecule has 0 atom stereocenters. The molecule has 0 unspecified atom stereocenters. The van der Waals surface area contributed by atoms with E-state index < -0.39 is 17.5 Å². The molecule has 2 aromatic rings. The molecule has 5 heteroatoms. The van der Waals surface area contributed by atoms with E-state index in [4.69, 9.17) is 4.74 Å². The van der Waals surface area contributed by atoms with Gasteiger partial charge in [0.15, 0.2) is 11.6 Å². The zero-order chi connectivity index (χ0) is 14.0. The Labute approximate surface area is 107 Å². The minimum absolute atomic E-state index is 0.0382. The normalized spacial score (nSPS) is 10.3. The Morgan fingerprint density at radius 2 is 1.68 bits per heavy atom. The van der Waals surface area contributed by atoms with Crippen LogP contribution in [0.1, 0.15) is 15.9 Å². The fourth-order valence-corrected chi connectivity index (χ4v) is 1.58. The second-order valence-corrected chi connectivity index (χ2v) is 3.97. The standard InChI is InChI=1S/C14H9F3O2/c1-8-2-12(16)13(17)6-14(8)19-11-4-9(7-18)3-10(15)5-11/h2-7H,1H3. The first kappa shape index (κ1) is 13.1. The molecule has 0 heterocycles. The summed E-state index contributed by atoms with van der Waals surface area (Å²) in [5.74, 6) is -2.61. The largest absolute Gasteiger partial charge is 0.457 e. The summed E-state index contributed by atoms with van der Waals surface area (Å²) < 4.78 is 44.5. The minimum Gasteiger partial charge on any atom is -0.457 e. The van der Waals surface area contributed by atoms with E-state index in [2.05, 4.69) is 0 Å². The maximum atomic E-state index is 13.2. The first-order chi connectivity index (χ1) is 8.99. The second kappa shape index (κ2) is 5.14. The van der Waals surface area contributed by atoms with Crippen molar-refractivity contribution in [2.24, 2.45) is 0 Å². The second-order valence-electron chi connectivity index (χ2n) is 3.97. The molecule has 2 nitrogen and oxygen atoms in total. The van der Waals surface area contributed by atoms with E-state index in [-0.39, 0.29) is 17.1 Å². The van der Waals surface area contributed by atoms with Gasteiger partial charge in [-0.2, -0.15) is 0 Å². The monoisotopic (exact) mass is 266 g/mol. The molecule has 0 amide bonds. The number of carbonyl (C=O) groups excluding carboxylic acids is 1. The van der Waals surface area contributed by atoms with Crippen LogP contribution in [0.2, 0.25) is 0 Å². The molecule has 0 fully saturated rings. The molecule has 0 bridgehead atoms. The minimum atomic E-state index is -1.06. The Balaban J connectivity index is 2.38. The maximum Gasteiger partial charge on any atom is 0.162 e. The van der Waals surface area contributed by atoms with Gasteiger partial charge in [0, 0.05) is 17.7 Å². The predicted molar refractivity (Wildman–Crippen MR) is 63.0 cm³/mol. The van der Waals surface area contributed by atoms with Crippen LogP contribution in [-0.2, 0) is 0 Å². The molecule has 2 aromatic carbocycles. The average molecular weight is 266 g/mol. The van der Waals surface area contributed by atoms with E-state index in [1.807, 2.05) is 0 Å². The van der Waals surface area contributed by atoms with Crippen LogP contribution in [-0.4, -0.2) is 6.29 Å². The summed E-state index contributed by atoms with van der Waals surface area (Å²) >= 11 is 0. The summed E-state index contributed by atoms with van der Waals surface area (Å²) in [5.41, 5.74) is 0.450. The topological polar surface area (TPSA) is 26.3 Å². The zero-order valence-electron chi connectivity index (χ0n) is 9.91. The number of carbonyl (C=O) groups is 1. The maximum absolute atomic E-state index is 13.2. The first-order valence-electron chi connectivity index (χ1n) is 5.39. The van der Waals surface area contributed by atoms with Crippen LogP contribution in [0.25, 0.3) is 0 Å². The predicted octanol–water partition coefficient (Wildman–Crippen LogP) is 4.02. The van der Waals surface area contributed by atoms with Gasteiger partial charge in [-0.25, -0.2) is 13.2 Å². The highest BCUT2D eigenvalue weighted by Gasteiger charge is 2.10. The van der Waals surface area contributed by atoms with Crippen LogP contribution < -0.4 is 4.74 Å². The van der Waals surface area contributed by atoms with Crippen molar-refractivity contribution in [3.63, 3.8) is 0 Å². The van der Waals surface area contributed by atoms with Crippen LogP contribution >= 0.6 is 0 Å². The SMILES string of the molecule is Cc1cc(F)c(F)cc1Oc1cc(F)cc(C=O)c1. The van der Waals surface area contributed by atoms with Crippen molar-refractivity contribution >= 4 is 6.29 Å². The van der Waals surface area contributed by atoms with E-state index >= 15 is 0 Å². The Morgan fingerprint density at radius 1 is 1.00 bits per heavy atom. The highest BCUT2D eigenvalue weighted by Crippen LogP contribution is 2.28. The van der Waals surface area contributed by atoms with Gasteiger partial charge >= 0.3 is 0 Å². The number of ether oxygens (including phenoxy) is 1. The summed E-state index contributed by atoms with van der Waals surface area (Å²) in [6.45, 7) is 1.53. The molecule has 0 radical (unpaired) electrons. The molecule has 2 rings (SSSR count). The van der Waals surface area contributed by atoms with E-state index in [9.17, 15) is 18.0 Å². The molecule has 0 spiro atoms. The lowest BCUT2D eigenvalue weighted by Crippen LogP contribution is -1.94. The highest BCUT2D eigenvalue weighted by molar-refractivity contribution is 5.75. The average Bonchev–Trinajstić information content (AvgIpc) is 2.35. The van der Waals surface area contributed by atoms with Crippen molar-refractivity contribution in [3.8, 4) is 11.5 Å². The van der Waals surface area contributed by atoms with Gasteiger partial charge in [-0.3, -0.25) is 4.79 Å². The molecule has 0 N–H and O–H groups in total. The van der Waals surface area contributed by atoms with E-state index in [0.717, 1.165) is 24.3 Å². The third-order valence-corrected chi connectivity index (χ3v) is 2.48. The Morgan fingerprint density at radius 3 is 2.37 bits per heavy atom. The molecular weight excluding hydrogens is 257 g/mol. The molecule has 0 saturated heterocycles. The molecule has 0 aliphatic rings. The number of aryl methyl sites for hydroxylation is 1. The summed E-state index contributed by atoms with van der Waals surface area (Å²) in [6.07, 6.45) is 0.466. The van der Waals surface area contributed by atoms with Gasteiger partial charge in [-0.15, -0.1) is 0 Å². The number of aldehydes is 1. The zero-order valence-corrected chi connectivity index (χ0v) is 9.91. The summed E-state index contributed by atoms with van der Waals surface area (Å²) in [7, 11) is 0. The number of benzene rings is 2. The van der Waals surface area contributed by atoms with Gasteiger partial charge in [0.1, 0.15) is 23.6 Å². The van der Waals surface area contributed by atoms with Gasteiger partial charge in [0.2, 0.25) is 0 Å². The molecule has 0 aromatic heterocycles. The van der Waals surface area contributed by atoms with Gasteiger partial charge in [-0.1, -0.05) is 0 Å². The smallest absolute Gasteiger partial charge is 0.162 e. The molecular formula is C14H9F3O2. The molecule has 0 aliphatic carbocycles. The third kappa shape index (κ3) is 2.93. The molecule has 0 aliphatic heterocycles. The Hall–Kier alpha value is -2.30. The van der Waals surface area contributed by atoms with Crippen LogP contribution in [0, 0.1) is 24.4 Å². The van der Waals surface area contributed by atoms with Crippen LogP contribution in [0.4, 0.5) is 13.2 Å². The fourth-order valence-electron chi connectivity index (χ4n) is 1.58. The van der Waals surface area contributed by atoms with Crippen LogP contribution in [0.5, 0.6) is 11.5 Å². The summed E-state index contributed by atoms with van der Waals surface area (Å²) in [6, 6.07) is 5.24. The molecule has 98 valence electrons. The van der Waals surface area contributed by atoms with Crippen LogP contribution in [0.15, 0.2) is 30.3 Å². The Kier molecular flexibility index (Phi) is 3.55. The van der Waals surface area contributed by atoms with E-state index in [1.54, 1.807) is 0 Å². The van der Waals surface area contributed by atoms with E-state index in [0.29, 0.717) is 11.8 Å². The van der Waals surface area contributed by atoms with Gasteiger partial charge in [0.05, 0.1) is 0 Å². The van der Waals surface area contributed by atoms with Crippen molar-refractivity contribution in [1.82, 2.24) is 0 Å². The summed E-state index contributed by atoms with van der Waals surface area (Å²) in [4.78, 5) is 10.6. The molecule has 19 heavy (non-hydrogen) atoms. The number of hydrogen-bond acceptors (Lipinski definition) is 2. The number of halogens is 3. The highest BCUT2D eigenvalue weighted by atomic mass is 19.2. The number of hydrogen-bond donors (Lipinski definition) is 0. The Bertz CT molecular complexity index is 639. The lowest BCUT2D eigenvalue weighted by atomic mass is 10.2. The molecule has 0 saturated carbocycles. The third-order valence-electron chi connectivity index (χ3n) is 2.48. The number of rotatable bonds is 3. The van der Waals surface area contributed by atoms with E-state index in [1.165, 1.54) is 13.0 Å². The van der Waals surface area contributed by atoms with Gasteiger partial charge < -0.3 is 4.74 Å². The van der Waals surface area contributed by atoms with Crippen molar-refractivity contribution < 1.29 is 22.7 Å². The quantitative estimate of drug-likeness (QED) is 0.784. The van der Waals surface area contributed by atoms with Crippen molar-refractivity contribution in [2.75, 3.05) is 0 Å². The van der Waals surface area contributed by atoms with Gasteiger partial charge in [-0.05, 0) is 30.7 Å². The van der Waals surface area contributed by atoms with Crippen molar-refractivity contribution in [2.45, 2.75) is 6.92 Å². The van der Waals surface area contributed by atoms with Crippen molar-refractivity contribution in [3.05, 3.63) is 58.9 Å². The lowest BCUT2D eigenvalue weighted by Gasteiger charge is -2.09. The van der Waals surface area contributed by atoms with Crippen LogP contribution in [0.3, 0.4) is 0 Å². The van der Waals surface area contributed by atoms with Gasteiger partial charge in [0.25, 0.3) is 0 Å². The fraction of sp³-hybridized carbons (Fsp3) is 0.0714. The lowest BCUT2D eigenvalue weighted by molar-refractivity contribution is 0.112. The summed E-state index contributed by atoms with van der Waals surface area (Å²) in [5, 5.41) is 0. The first-order valence-corrected chi connectivity index (χ1v) is 5.39. The van der Waals surface area contributed by atoms with Crippen molar-refractivity contribution in [1.29, 1.82) is 0 Å².